The van der Waals surface area contributed by atoms with Gasteiger partial charge in [-0.25, -0.2) is 0 Å². The Balaban J connectivity index is 1.31. The number of carbonyl (C=O) groups excluding carboxylic acids is 1. The number of anilines is 1. The maximum atomic E-state index is 15.5. The van der Waals surface area contributed by atoms with E-state index in [1.54, 1.807) is 30.0 Å². The summed E-state index contributed by atoms with van der Waals surface area (Å²) in [6, 6.07) is 27.4. The van der Waals surface area contributed by atoms with Gasteiger partial charge >= 0.3 is 0 Å². The number of benzene rings is 3. The summed E-state index contributed by atoms with van der Waals surface area (Å²) in [6.45, 7) is 14.0. The van der Waals surface area contributed by atoms with E-state index in [1.165, 1.54) is 23.4 Å². The Morgan fingerprint density at radius 2 is 1.72 bits per heavy atom. The molecule has 0 bridgehead atoms. The minimum atomic E-state index is -2.45. The van der Waals surface area contributed by atoms with Gasteiger partial charge in [0.2, 0.25) is 0 Å². The molecule has 1 fully saturated rings. The summed E-state index contributed by atoms with van der Waals surface area (Å²) in [7, 11) is 0.706. The first-order chi connectivity index (χ1) is 29.3. The van der Waals surface area contributed by atoms with Gasteiger partial charge in [0.15, 0.2) is 11.4 Å². The minimum Gasteiger partial charge on any atom is -0.497 e. The van der Waals surface area contributed by atoms with Crippen molar-refractivity contribution in [2.24, 2.45) is 5.92 Å². The van der Waals surface area contributed by atoms with Crippen molar-refractivity contribution < 1.29 is 24.1 Å². The van der Waals surface area contributed by atoms with E-state index in [4.69, 9.17) is 14.2 Å². The van der Waals surface area contributed by atoms with Crippen LogP contribution in [0.4, 0.5) is 5.69 Å². The summed E-state index contributed by atoms with van der Waals surface area (Å²) in [5.74, 6) is 0.371. The number of hydrogen-bond acceptors (Lipinski definition) is 8. The highest BCUT2D eigenvalue weighted by Crippen LogP contribution is 2.60. The quantitative estimate of drug-likeness (QED) is 0.0787. The Morgan fingerprint density at radius 3 is 2.41 bits per heavy atom. The van der Waals surface area contributed by atoms with Gasteiger partial charge in [0.1, 0.15) is 5.75 Å². The first-order valence-electron chi connectivity index (χ1n) is 21.2. The molecule has 5 atom stereocenters. The van der Waals surface area contributed by atoms with Gasteiger partial charge in [-0.15, -0.1) is 5.10 Å². The van der Waals surface area contributed by atoms with Crippen LogP contribution in [0.3, 0.4) is 0 Å². The number of methoxy groups -OCH3 is 2. The van der Waals surface area contributed by atoms with Crippen LogP contribution < -0.4 is 25.1 Å². The predicted octanol–water partition coefficient (Wildman–Crippen LogP) is 7.92. The molecule has 7 rings (SSSR count). The lowest BCUT2D eigenvalue weighted by atomic mass is 9.82. The topological polar surface area (TPSA) is 121 Å². The molecule has 2 aliphatic heterocycles. The normalized spacial score (nSPS) is 20.5. The van der Waals surface area contributed by atoms with E-state index in [0.717, 1.165) is 35.4 Å². The van der Waals surface area contributed by atoms with Crippen LogP contribution >= 0.6 is 0 Å². The largest absolute Gasteiger partial charge is 0.497 e. The zero-order valence-electron chi connectivity index (χ0n) is 36.7. The maximum absolute atomic E-state index is 15.5. The number of allylic oxidation sites excluding steroid dienone is 3. The standard InChI is InChI=1S/C49H59N5O6Si/c1-33(2)14-12-15-34(3)25-29-54-43-24-19-37(53-27-13-18-45(59-6)47(53)56)30-41(43)49(48(54)57)35(4)46(61(7,8)39-22-20-38(58-5)21-23-39)44(60-49)26-28-52-31-42(50-51-52)40(32-55)36-16-10-9-11-17-36/h9-11,13-14,16-25,27,30-31,35,40,44,46,55H,12,15,26,28-29,32H2,1-8H3/b34-25+/t35-,40?,44+,46-,49+/m1/s1. The van der Waals surface area contributed by atoms with Crippen molar-refractivity contribution in [3.8, 4) is 17.2 Å². The van der Waals surface area contributed by atoms with Gasteiger partial charge in [0.05, 0.1) is 52.3 Å². The van der Waals surface area contributed by atoms with Gasteiger partial charge in [-0.3, -0.25) is 18.8 Å². The lowest BCUT2D eigenvalue weighted by Gasteiger charge is -2.37. The smallest absolute Gasteiger partial charge is 0.297 e. The lowest BCUT2D eigenvalue weighted by Crippen LogP contribution is -2.52. The number of aryl methyl sites for hydroxylation is 1. The lowest BCUT2D eigenvalue weighted by molar-refractivity contribution is -0.145. The van der Waals surface area contributed by atoms with Crippen molar-refractivity contribution in [3.63, 3.8) is 0 Å². The first kappa shape index (κ1) is 43.5. The second kappa shape index (κ2) is 18.2. The molecule has 4 heterocycles. The Hall–Kier alpha value is -5.56. The summed E-state index contributed by atoms with van der Waals surface area (Å²) in [4.78, 5) is 31.0. The monoisotopic (exact) mass is 841 g/mol. The summed E-state index contributed by atoms with van der Waals surface area (Å²) < 4.78 is 21.8. The number of hydrogen-bond donors (Lipinski definition) is 1. The minimum absolute atomic E-state index is 0.0142. The molecule has 1 amide bonds. The summed E-state index contributed by atoms with van der Waals surface area (Å²) in [5, 5.41) is 20.6. The third-order valence-corrected chi connectivity index (χ3v) is 17.2. The van der Waals surface area contributed by atoms with Gasteiger partial charge in [0, 0.05) is 42.7 Å². The molecule has 1 N–H and O–H groups in total. The highest BCUT2D eigenvalue weighted by Gasteiger charge is 2.66. The third-order valence-electron chi connectivity index (χ3n) is 12.9. The van der Waals surface area contributed by atoms with Gasteiger partial charge < -0.3 is 24.2 Å². The van der Waals surface area contributed by atoms with Gasteiger partial charge in [0.25, 0.3) is 11.5 Å². The van der Waals surface area contributed by atoms with E-state index in [1.807, 2.05) is 76.4 Å². The second-order valence-corrected chi connectivity index (χ2v) is 21.9. The van der Waals surface area contributed by atoms with E-state index in [2.05, 4.69) is 75.4 Å². The molecule has 0 saturated carbocycles. The SMILES string of the molecule is COc1ccc([Si](C)(C)[C@H]2[C@H](CCn3cc(C(CO)c4ccccc4)nn3)O[C@@]3(C(=O)N(C/C=C(\C)CCC=C(C)C)c4ccc(-n5cccc(OC)c5=O)cc43)[C@@H]2C)cc1. The zero-order valence-corrected chi connectivity index (χ0v) is 37.7. The molecule has 3 aromatic carbocycles. The van der Waals surface area contributed by atoms with Crippen LogP contribution in [-0.2, 0) is 21.7 Å². The van der Waals surface area contributed by atoms with Crippen LogP contribution in [0.5, 0.6) is 11.5 Å². The van der Waals surface area contributed by atoms with Crippen LogP contribution in [0.15, 0.2) is 125 Å². The molecule has 61 heavy (non-hydrogen) atoms. The molecule has 0 radical (unpaired) electrons. The fraction of sp³-hybridized carbons (Fsp3) is 0.388. The van der Waals surface area contributed by atoms with Crippen molar-refractivity contribution in [1.82, 2.24) is 19.6 Å². The Labute approximate surface area is 360 Å². The Bertz CT molecular complexity index is 2460. The van der Waals surface area contributed by atoms with Crippen LogP contribution in [0.25, 0.3) is 5.69 Å². The molecule has 1 unspecified atom stereocenters. The number of amides is 1. The Morgan fingerprint density at radius 1 is 0.967 bits per heavy atom. The fourth-order valence-corrected chi connectivity index (χ4v) is 13.6. The van der Waals surface area contributed by atoms with Gasteiger partial charge in [-0.2, -0.15) is 0 Å². The number of rotatable bonds is 16. The van der Waals surface area contributed by atoms with Crippen molar-refractivity contribution in [3.05, 3.63) is 148 Å². The zero-order chi connectivity index (χ0) is 43.5. The highest BCUT2D eigenvalue weighted by molar-refractivity contribution is 6.91. The third kappa shape index (κ3) is 8.41. The number of aromatic nitrogens is 4. The number of fused-ring (bicyclic) bond motifs is 2. The van der Waals surface area contributed by atoms with Gasteiger partial charge in [-0.1, -0.05) is 96.2 Å². The number of aliphatic hydroxyl groups is 1. The number of pyridine rings is 1. The second-order valence-electron chi connectivity index (χ2n) is 17.2. The number of ether oxygens (including phenoxy) is 3. The fourth-order valence-electron chi connectivity index (χ4n) is 9.57. The average molecular weight is 842 g/mol. The van der Waals surface area contributed by atoms with E-state index in [0.29, 0.717) is 30.9 Å². The molecule has 2 aromatic heterocycles. The molecule has 12 heteroatoms. The van der Waals surface area contributed by atoms with Gasteiger partial charge in [-0.05, 0) is 93.6 Å². The molecule has 320 valence electrons. The van der Waals surface area contributed by atoms with Crippen LogP contribution in [0.2, 0.25) is 18.6 Å². The molecule has 11 nitrogen and oxygen atoms in total. The molecule has 1 saturated heterocycles. The molecule has 1 spiro atoms. The molecule has 2 aliphatic rings. The number of aliphatic hydroxyl groups excluding tert-OH is 1. The van der Waals surface area contributed by atoms with Crippen LogP contribution in [0, 0.1) is 5.92 Å². The van der Waals surface area contributed by atoms with Crippen molar-refractivity contribution in [1.29, 1.82) is 0 Å². The van der Waals surface area contributed by atoms with Crippen molar-refractivity contribution in [2.75, 3.05) is 32.3 Å². The summed E-state index contributed by atoms with van der Waals surface area (Å²) in [6.07, 6.45) is 10.1. The van der Waals surface area contributed by atoms with E-state index in [-0.39, 0.29) is 47.3 Å². The Kier molecular flexibility index (Phi) is 13.0. The number of nitrogens with zero attached hydrogens (tertiary/aromatic N) is 5. The first-order valence-corrected chi connectivity index (χ1v) is 24.3. The van der Waals surface area contributed by atoms with Crippen molar-refractivity contribution in [2.45, 2.75) is 89.8 Å². The van der Waals surface area contributed by atoms with E-state index in [9.17, 15) is 9.90 Å². The molecular formula is C49H59N5O6Si. The summed E-state index contributed by atoms with van der Waals surface area (Å²) in [5.41, 5.74) is 4.69. The summed E-state index contributed by atoms with van der Waals surface area (Å²) >= 11 is 0. The highest BCUT2D eigenvalue weighted by atomic mass is 28.3. The van der Waals surface area contributed by atoms with E-state index >= 15 is 4.79 Å². The average Bonchev–Trinajstić information content (AvgIpc) is 3.92. The molecule has 5 aromatic rings. The molecular weight excluding hydrogens is 783 g/mol. The molecule has 0 aliphatic carbocycles. The van der Waals surface area contributed by atoms with E-state index < -0.39 is 13.7 Å². The van der Waals surface area contributed by atoms with Crippen LogP contribution in [-0.4, -0.2) is 72.1 Å². The number of carbonyl (C=O) groups is 1. The maximum Gasteiger partial charge on any atom is 0.297 e. The predicted molar refractivity (Wildman–Crippen MR) is 243 cm³/mol. The van der Waals surface area contributed by atoms with Crippen molar-refractivity contribution >= 4 is 24.9 Å². The van der Waals surface area contributed by atoms with Crippen LogP contribution in [0.1, 0.15) is 69.7 Å².